The molecule has 0 saturated heterocycles. The van der Waals surface area contributed by atoms with E-state index in [2.05, 4.69) is 55.7 Å². The second kappa shape index (κ2) is 5.78. The Bertz CT molecular complexity index is 433. The summed E-state index contributed by atoms with van der Waals surface area (Å²) in [5, 5.41) is 0. The van der Waals surface area contributed by atoms with Gasteiger partial charge in [0, 0.05) is 12.7 Å². The van der Waals surface area contributed by atoms with Crippen molar-refractivity contribution >= 4 is 31.9 Å². The van der Waals surface area contributed by atoms with Crippen molar-refractivity contribution in [3.05, 3.63) is 21.1 Å². The Labute approximate surface area is 131 Å². The van der Waals surface area contributed by atoms with Crippen LogP contribution in [0.25, 0.3) is 0 Å². The largest absolute Gasteiger partial charge is 0.367 e. The van der Waals surface area contributed by atoms with Gasteiger partial charge in [0.15, 0.2) is 5.82 Å². The first-order valence-corrected chi connectivity index (χ1v) is 8.30. The summed E-state index contributed by atoms with van der Waals surface area (Å²) >= 11 is 6.88. The Kier molecular flexibility index (Phi) is 4.68. The SMILES string of the molecule is CCOC1(c2nc(Br)cc(Br)n2)CCC(C)(C)CC1. The number of aromatic nitrogens is 2. The molecule has 0 bridgehead atoms. The molecule has 0 unspecified atom stereocenters. The van der Waals surface area contributed by atoms with Gasteiger partial charge in [0.25, 0.3) is 0 Å². The van der Waals surface area contributed by atoms with Crippen LogP contribution in [0.3, 0.4) is 0 Å². The summed E-state index contributed by atoms with van der Waals surface area (Å²) in [6.07, 6.45) is 4.24. The van der Waals surface area contributed by atoms with Crippen molar-refractivity contribution in [1.82, 2.24) is 9.97 Å². The molecule has 1 aliphatic carbocycles. The fourth-order valence-electron chi connectivity index (χ4n) is 2.63. The van der Waals surface area contributed by atoms with Gasteiger partial charge in [-0.05, 0) is 69.9 Å². The van der Waals surface area contributed by atoms with Gasteiger partial charge in [0.2, 0.25) is 0 Å². The number of hydrogen-bond donors (Lipinski definition) is 0. The van der Waals surface area contributed by atoms with Crippen LogP contribution in [0.4, 0.5) is 0 Å². The van der Waals surface area contributed by atoms with E-state index in [1.165, 1.54) is 0 Å². The number of halogens is 2. The summed E-state index contributed by atoms with van der Waals surface area (Å²) in [4.78, 5) is 9.09. The lowest BCUT2D eigenvalue weighted by Gasteiger charge is -2.42. The van der Waals surface area contributed by atoms with Crippen LogP contribution in [0.2, 0.25) is 0 Å². The molecule has 0 spiro atoms. The van der Waals surface area contributed by atoms with Gasteiger partial charge in [-0.15, -0.1) is 0 Å². The van der Waals surface area contributed by atoms with Crippen molar-refractivity contribution < 1.29 is 4.74 Å². The minimum absolute atomic E-state index is 0.323. The first-order valence-electron chi connectivity index (χ1n) is 6.71. The second-order valence-electron chi connectivity index (χ2n) is 5.93. The summed E-state index contributed by atoms with van der Waals surface area (Å²) in [6, 6.07) is 1.86. The van der Waals surface area contributed by atoms with Gasteiger partial charge < -0.3 is 4.74 Å². The third-order valence-electron chi connectivity index (χ3n) is 3.90. The zero-order valence-corrected chi connectivity index (χ0v) is 14.8. The fraction of sp³-hybridized carbons (Fsp3) is 0.714. The van der Waals surface area contributed by atoms with Crippen molar-refractivity contribution in [3.63, 3.8) is 0 Å². The number of ether oxygens (including phenoxy) is 1. The monoisotopic (exact) mass is 390 g/mol. The van der Waals surface area contributed by atoms with Gasteiger partial charge in [-0.25, -0.2) is 9.97 Å². The average molecular weight is 392 g/mol. The standard InChI is InChI=1S/C14H20Br2N2O/c1-4-19-14(7-5-13(2,3)6-8-14)12-17-10(15)9-11(16)18-12/h9H,4-8H2,1-3H3. The Morgan fingerprint density at radius 3 is 2.11 bits per heavy atom. The van der Waals surface area contributed by atoms with Crippen molar-refractivity contribution in [2.75, 3.05) is 6.61 Å². The van der Waals surface area contributed by atoms with Gasteiger partial charge in [0.05, 0.1) is 0 Å². The molecule has 0 N–H and O–H groups in total. The molecule has 0 aliphatic heterocycles. The maximum atomic E-state index is 6.09. The Morgan fingerprint density at radius 1 is 1.11 bits per heavy atom. The average Bonchev–Trinajstić information content (AvgIpc) is 2.31. The van der Waals surface area contributed by atoms with E-state index in [-0.39, 0.29) is 5.60 Å². The van der Waals surface area contributed by atoms with Crippen molar-refractivity contribution in [1.29, 1.82) is 0 Å². The maximum Gasteiger partial charge on any atom is 0.162 e. The lowest BCUT2D eigenvalue weighted by Crippen LogP contribution is -2.39. The molecule has 2 rings (SSSR count). The zero-order chi connectivity index (χ0) is 14.1. The second-order valence-corrected chi connectivity index (χ2v) is 7.55. The van der Waals surface area contributed by atoms with Crippen LogP contribution in [0.15, 0.2) is 15.3 Å². The molecule has 19 heavy (non-hydrogen) atoms. The smallest absolute Gasteiger partial charge is 0.162 e. The molecule has 3 nitrogen and oxygen atoms in total. The van der Waals surface area contributed by atoms with Gasteiger partial charge >= 0.3 is 0 Å². The van der Waals surface area contributed by atoms with Crippen LogP contribution >= 0.6 is 31.9 Å². The predicted molar refractivity (Wildman–Crippen MR) is 83.0 cm³/mol. The van der Waals surface area contributed by atoms with Gasteiger partial charge in [0.1, 0.15) is 14.8 Å². The van der Waals surface area contributed by atoms with Crippen LogP contribution in [0.5, 0.6) is 0 Å². The van der Waals surface area contributed by atoms with E-state index in [1.807, 2.05) is 13.0 Å². The molecule has 1 heterocycles. The predicted octanol–water partition coefficient (Wildman–Crippen LogP) is 4.83. The number of rotatable bonds is 3. The van der Waals surface area contributed by atoms with E-state index in [4.69, 9.17) is 4.74 Å². The molecule has 1 aliphatic rings. The van der Waals surface area contributed by atoms with Crippen LogP contribution in [0.1, 0.15) is 52.3 Å². The fourth-order valence-corrected chi connectivity index (χ4v) is 3.71. The summed E-state index contributed by atoms with van der Waals surface area (Å²) in [5.41, 5.74) is 0.0699. The van der Waals surface area contributed by atoms with E-state index in [9.17, 15) is 0 Å². The molecule has 1 fully saturated rings. The van der Waals surface area contributed by atoms with Crippen LogP contribution in [-0.2, 0) is 10.3 Å². The lowest BCUT2D eigenvalue weighted by molar-refractivity contribution is -0.0950. The highest BCUT2D eigenvalue weighted by Gasteiger charge is 2.42. The van der Waals surface area contributed by atoms with Gasteiger partial charge in [-0.3, -0.25) is 0 Å². The van der Waals surface area contributed by atoms with Gasteiger partial charge in [-0.2, -0.15) is 0 Å². The highest BCUT2D eigenvalue weighted by molar-refractivity contribution is 9.11. The lowest BCUT2D eigenvalue weighted by atomic mass is 9.70. The molecule has 1 aromatic heterocycles. The van der Waals surface area contributed by atoms with E-state index < -0.39 is 0 Å². The molecule has 1 saturated carbocycles. The molecule has 0 radical (unpaired) electrons. The normalized spacial score (nSPS) is 21.3. The van der Waals surface area contributed by atoms with Crippen LogP contribution < -0.4 is 0 Å². The highest BCUT2D eigenvalue weighted by atomic mass is 79.9. The molecule has 1 aromatic rings. The third-order valence-corrected chi connectivity index (χ3v) is 4.72. The zero-order valence-electron chi connectivity index (χ0n) is 11.7. The van der Waals surface area contributed by atoms with Crippen molar-refractivity contribution in [3.8, 4) is 0 Å². The Balaban J connectivity index is 2.34. The molecular formula is C14H20Br2N2O. The molecule has 0 atom stereocenters. The molecular weight excluding hydrogens is 372 g/mol. The molecule has 0 amide bonds. The molecule has 0 aromatic carbocycles. The van der Waals surface area contributed by atoms with Crippen molar-refractivity contribution in [2.45, 2.75) is 52.1 Å². The molecule has 106 valence electrons. The summed E-state index contributed by atoms with van der Waals surface area (Å²) in [5.74, 6) is 0.797. The highest BCUT2D eigenvalue weighted by Crippen LogP contribution is 2.46. The number of nitrogens with zero attached hydrogens (tertiary/aromatic N) is 2. The van der Waals surface area contributed by atoms with Crippen molar-refractivity contribution in [2.24, 2.45) is 5.41 Å². The van der Waals surface area contributed by atoms with E-state index >= 15 is 0 Å². The number of hydrogen-bond acceptors (Lipinski definition) is 3. The first-order chi connectivity index (χ1) is 8.87. The van der Waals surface area contributed by atoms with Crippen LogP contribution in [-0.4, -0.2) is 16.6 Å². The third kappa shape index (κ3) is 3.56. The quantitative estimate of drug-likeness (QED) is 0.691. The van der Waals surface area contributed by atoms with E-state index in [1.54, 1.807) is 0 Å². The maximum absolute atomic E-state index is 6.09. The first kappa shape index (κ1) is 15.4. The molecule has 5 heteroatoms. The van der Waals surface area contributed by atoms with E-state index in [0.29, 0.717) is 12.0 Å². The summed E-state index contributed by atoms with van der Waals surface area (Å²) in [6.45, 7) is 7.36. The summed E-state index contributed by atoms with van der Waals surface area (Å²) in [7, 11) is 0. The van der Waals surface area contributed by atoms with E-state index in [0.717, 1.165) is 40.7 Å². The van der Waals surface area contributed by atoms with Gasteiger partial charge in [-0.1, -0.05) is 13.8 Å². The minimum atomic E-state index is -0.323. The Morgan fingerprint density at radius 2 is 1.63 bits per heavy atom. The minimum Gasteiger partial charge on any atom is -0.367 e. The Hall–Kier alpha value is -0.0000000000000000555. The summed E-state index contributed by atoms with van der Waals surface area (Å²) < 4.78 is 7.69. The topological polar surface area (TPSA) is 35.0 Å². The van der Waals surface area contributed by atoms with Crippen LogP contribution in [0, 0.1) is 5.41 Å².